The molecule has 0 saturated carbocycles. The number of anilines is 1. The fourth-order valence-electron chi connectivity index (χ4n) is 5.64. The van der Waals surface area contributed by atoms with Crippen molar-refractivity contribution in [1.82, 2.24) is 0 Å². The molecule has 1 aliphatic carbocycles. The quantitative estimate of drug-likeness (QED) is 0.219. The summed E-state index contributed by atoms with van der Waals surface area (Å²) in [6, 6.07) is 24.8. The fourth-order valence-corrected chi connectivity index (χ4v) is 5.64. The molecule has 0 atom stereocenters. The van der Waals surface area contributed by atoms with Crippen molar-refractivity contribution in [1.29, 1.82) is 0 Å². The van der Waals surface area contributed by atoms with E-state index in [-0.39, 0.29) is 28.8 Å². The number of para-hydroxylation sites is 1. The van der Waals surface area contributed by atoms with Crippen molar-refractivity contribution in [3.05, 3.63) is 130 Å². The second kappa shape index (κ2) is 11.8. The van der Waals surface area contributed by atoms with Crippen LogP contribution in [0.3, 0.4) is 0 Å². The molecule has 5 heteroatoms. The Hall–Kier alpha value is -4.38. The van der Waals surface area contributed by atoms with Crippen LogP contribution in [0.2, 0.25) is 0 Å². The van der Waals surface area contributed by atoms with E-state index >= 15 is 0 Å². The number of amides is 1. The Bertz CT molecular complexity index is 1620. The van der Waals surface area contributed by atoms with Gasteiger partial charge in [0.25, 0.3) is 5.91 Å². The molecule has 1 heterocycles. The molecule has 5 rings (SSSR count). The lowest BCUT2D eigenvalue weighted by atomic mass is 9.62. The van der Waals surface area contributed by atoms with E-state index in [1.54, 1.807) is 36.4 Å². The number of furan rings is 1. The van der Waals surface area contributed by atoms with Crippen LogP contribution in [-0.4, -0.2) is 18.5 Å². The second-order valence-corrected chi connectivity index (χ2v) is 12.4. The molecule has 0 aliphatic heterocycles. The topological polar surface area (TPSA) is 68.5 Å². The van der Waals surface area contributed by atoms with Crippen LogP contribution in [0.1, 0.15) is 95.0 Å². The molecule has 0 saturated heterocycles. The minimum atomic E-state index is -0.516. The third-order valence-electron chi connectivity index (χ3n) is 8.38. The number of aryl methyl sites for hydroxylation is 1. The van der Waals surface area contributed by atoms with Gasteiger partial charge >= 0.3 is 5.97 Å². The van der Waals surface area contributed by atoms with Gasteiger partial charge in [-0.25, -0.2) is 4.79 Å². The summed E-state index contributed by atoms with van der Waals surface area (Å²) < 4.78 is 11.4. The van der Waals surface area contributed by atoms with Crippen molar-refractivity contribution in [3.8, 4) is 0 Å². The molecule has 4 aromatic rings. The maximum atomic E-state index is 13.1. The van der Waals surface area contributed by atoms with Gasteiger partial charge in [0.05, 0.1) is 11.3 Å². The SMILES string of the molecule is Cc1cc2c(cc1Cc1ccc(C(=O)Nc3ccccc3C(=O)OCC=Cc3ccccc3)o1)C(C)(C)CCC2(C)C. The first-order chi connectivity index (χ1) is 20.0. The Morgan fingerprint density at radius 2 is 1.55 bits per heavy atom. The Morgan fingerprint density at radius 1 is 0.881 bits per heavy atom. The van der Waals surface area contributed by atoms with Gasteiger partial charge in [0.2, 0.25) is 0 Å². The lowest BCUT2D eigenvalue weighted by Gasteiger charge is -2.42. The molecular formula is C37H39NO4. The van der Waals surface area contributed by atoms with E-state index in [9.17, 15) is 9.59 Å². The number of carbonyl (C=O) groups is 2. The van der Waals surface area contributed by atoms with Crippen LogP contribution in [0, 0.1) is 6.92 Å². The number of hydrogen-bond acceptors (Lipinski definition) is 4. The third-order valence-corrected chi connectivity index (χ3v) is 8.38. The summed E-state index contributed by atoms with van der Waals surface area (Å²) in [6.07, 6.45) is 6.60. The van der Waals surface area contributed by atoms with Crippen LogP contribution >= 0.6 is 0 Å². The molecule has 216 valence electrons. The highest BCUT2D eigenvalue weighted by Crippen LogP contribution is 2.46. The largest absolute Gasteiger partial charge is 0.458 e. The summed E-state index contributed by atoms with van der Waals surface area (Å²) in [5.74, 6) is -0.0294. The zero-order chi connectivity index (χ0) is 29.9. The molecule has 0 spiro atoms. The van der Waals surface area contributed by atoms with Gasteiger partial charge in [-0.2, -0.15) is 0 Å². The molecule has 3 aromatic carbocycles. The van der Waals surface area contributed by atoms with Crippen LogP contribution in [0.5, 0.6) is 0 Å². The molecule has 0 bridgehead atoms. The summed E-state index contributed by atoms with van der Waals surface area (Å²) in [5.41, 5.74) is 7.22. The highest BCUT2D eigenvalue weighted by atomic mass is 16.5. The minimum Gasteiger partial charge on any atom is -0.458 e. The van der Waals surface area contributed by atoms with E-state index in [2.05, 4.69) is 52.1 Å². The van der Waals surface area contributed by atoms with E-state index in [1.165, 1.54) is 28.7 Å². The molecule has 0 radical (unpaired) electrons. The van der Waals surface area contributed by atoms with Gasteiger partial charge in [-0.1, -0.05) is 88.4 Å². The number of hydrogen-bond donors (Lipinski definition) is 1. The lowest BCUT2D eigenvalue weighted by Crippen LogP contribution is -2.34. The number of carbonyl (C=O) groups excluding carboxylic acids is 2. The summed E-state index contributed by atoms with van der Waals surface area (Å²) in [5, 5.41) is 2.82. The van der Waals surface area contributed by atoms with Gasteiger partial charge in [0.1, 0.15) is 12.4 Å². The lowest BCUT2D eigenvalue weighted by molar-refractivity contribution is 0.0551. The van der Waals surface area contributed by atoms with E-state index in [0.717, 1.165) is 12.0 Å². The van der Waals surface area contributed by atoms with Crippen molar-refractivity contribution in [2.75, 3.05) is 11.9 Å². The predicted molar refractivity (Wildman–Crippen MR) is 168 cm³/mol. The van der Waals surface area contributed by atoms with E-state index in [4.69, 9.17) is 9.15 Å². The molecule has 1 aliphatic rings. The Morgan fingerprint density at radius 3 is 2.29 bits per heavy atom. The Kier molecular flexibility index (Phi) is 8.22. The van der Waals surface area contributed by atoms with Gasteiger partial charge in [-0.15, -0.1) is 0 Å². The first kappa shape index (κ1) is 29.1. The van der Waals surface area contributed by atoms with Crippen LogP contribution in [-0.2, 0) is 22.0 Å². The number of benzene rings is 3. The monoisotopic (exact) mass is 561 g/mol. The van der Waals surface area contributed by atoms with Crippen molar-refractivity contribution in [2.45, 2.75) is 64.7 Å². The molecular weight excluding hydrogens is 522 g/mol. The van der Waals surface area contributed by atoms with Crippen LogP contribution in [0.15, 0.2) is 89.4 Å². The van der Waals surface area contributed by atoms with Gasteiger partial charge in [0.15, 0.2) is 5.76 Å². The zero-order valence-corrected chi connectivity index (χ0v) is 25.1. The number of ether oxygens (including phenoxy) is 1. The van der Waals surface area contributed by atoms with Crippen molar-refractivity contribution < 1.29 is 18.7 Å². The number of nitrogens with one attached hydrogen (secondary N) is 1. The highest BCUT2D eigenvalue weighted by Gasteiger charge is 2.37. The Balaban J connectivity index is 1.26. The maximum Gasteiger partial charge on any atom is 0.340 e. The average molecular weight is 562 g/mol. The van der Waals surface area contributed by atoms with E-state index in [0.29, 0.717) is 17.9 Å². The van der Waals surface area contributed by atoms with Crippen molar-refractivity contribution in [3.63, 3.8) is 0 Å². The first-order valence-corrected chi connectivity index (χ1v) is 14.6. The van der Waals surface area contributed by atoms with Crippen molar-refractivity contribution >= 4 is 23.6 Å². The van der Waals surface area contributed by atoms with Gasteiger partial charge in [-0.05, 0) is 88.8 Å². The van der Waals surface area contributed by atoms with Gasteiger partial charge in [-0.3, -0.25) is 4.79 Å². The zero-order valence-electron chi connectivity index (χ0n) is 25.1. The fraction of sp³-hybridized carbons (Fsp3) is 0.297. The van der Waals surface area contributed by atoms with Crippen LogP contribution in [0.25, 0.3) is 6.08 Å². The summed E-state index contributed by atoms with van der Waals surface area (Å²) in [6.45, 7) is 11.6. The van der Waals surface area contributed by atoms with E-state index in [1.807, 2.05) is 42.5 Å². The molecule has 42 heavy (non-hydrogen) atoms. The Labute approximate surface area is 248 Å². The number of fused-ring (bicyclic) bond motifs is 1. The summed E-state index contributed by atoms with van der Waals surface area (Å²) in [4.78, 5) is 25.9. The number of esters is 1. The summed E-state index contributed by atoms with van der Waals surface area (Å²) in [7, 11) is 0. The van der Waals surface area contributed by atoms with Crippen molar-refractivity contribution in [2.24, 2.45) is 0 Å². The molecule has 0 fully saturated rings. The summed E-state index contributed by atoms with van der Waals surface area (Å²) >= 11 is 0. The standard InChI is InChI=1S/C37H39NO4/c1-25-22-30-31(37(4,5)20-19-36(30,2)3)24-27(25)23-28-17-18-33(42-28)34(39)38-32-16-10-9-15-29(32)35(40)41-21-11-14-26-12-7-6-8-13-26/h6-18,22,24H,19-21,23H2,1-5H3,(H,38,39). The normalized spacial score (nSPS) is 15.3. The third kappa shape index (κ3) is 6.41. The molecule has 0 unspecified atom stereocenters. The molecule has 1 amide bonds. The maximum absolute atomic E-state index is 13.1. The number of rotatable bonds is 8. The molecule has 5 nitrogen and oxygen atoms in total. The van der Waals surface area contributed by atoms with Gasteiger partial charge in [0, 0.05) is 6.42 Å². The van der Waals surface area contributed by atoms with Crippen LogP contribution < -0.4 is 5.32 Å². The smallest absolute Gasteiger partial charge is 0.340 e. The minimum absolute atomic E-state index is 0.119. The second-order valence-electron chi connectivity index (χ2n) is 12.4. The molecule has 1 aromatic heterocycles. The highest BCUT2D eigenvalue weighted by molar-refractivity contribution is 6.06. The van der Waals surface area contributed by atoms with Gasteiger partial charge < -0.3 is 14.5 Å². The first-order valence-electron chi connectivity index (χ1n) is 14.6. The average Bonchev–Trinajstić information content (AvgIpc) is 3.44. The predicted octanol–water partition coefficient (Wildman–Crippen LogP) is 8.65. The van der Waals surface area contributed by atoms with E-state index < -0.39 is 11.9 Å². The van der Waals surface area contributed by atoms with Crippen LogP contribution in [0.4, 0.5) is 5.69 Å². The molecule has 1 N–H and O–H groups in total.